The van der Waals surface area contributed by atoms with Gasteiger partial charge in [0.15, 0.2) is 0 Å². The molecule has 98 valence electrons. The molecule has 0 saturated heterocycles. The Balaban J connectivity index is 3.07. The Morgan fingerprint density at radius 2 is 1.72 bits per heavy atom. The van der Waals surface area contributed by atoms with Gasteiger partial charge in [-0.25, -0.2) is 0 Å². The second kappa shape index (κ2) is 5.86. The van der Waals surface area contributed by atoms with E-state index in [1.165, 1.54) is 0 Å². The molecule has 0 radical (unpaired) electrons. The first-order chi connectivity index (χ1) is 8.29. The minimum Gasteiger partial charge on any atom is -0.410 e. The molecule has 0 aliphatic carbocycles. The lowest BCUT2D eigenvalue weighted by atomic mass is 10.1. The first-order valence-corrected chi connectivity index (χ1v) is 9.56. The average molecular weight is 262 g/mol. The van der Waals surface area contributed by atoms with Gasteiger partial charge in [-0.3, -0.25) is 4.79 Å². The normalized spacial score (nSPS) is 12.2. The van der Waals surface area contributed by atoms with Crippen LogP contribution in [-0.4, -0.2) is 33.1 Å². The summed E-state index contributed by atoms with van der Waals surface area (Å²) >= 11 is 0. The maximum absolute atomic E-state index is 11.8. The van der Waals surface area contributed by atoms with Crippen LogP contribution in [0.3, 0.4) is 0 Å². The van der Waals surface area contributed by atoms with E-state index in [-0.39, 0.29) is 5.91 Å². The van der Waals surface area contributed by atoms with Gasteiger partial charge >= 0.3 is 0 Å². The van der Waals surface area contributed by atoms with E-state index in [0.29, 0.717) is 0 Å². The number of hydrogen-bond donors (Lipinski definition) is 1. The van der Waals surface area contributed by atoms with E-state index in [0.717, 1.165) is 11.3 Å². The SMILES string of the molecule is CN(C)C(=O)C=C(N[Si](C)(C)C)c1ccccc1. The Bertz CT molecular complexity index is 433. The van der Waals surface area contributed by atoms with Gasteiger partial charge in [0.25, 0.3) is 0 Å². The molecule has 18 heavy (non-hydrogen) atoms. The van der Waals surface area contributed by atoms with Gasteiger partial charge in [0.05, 0.1) is 0 Å². The van der Waals surface area contributed by atoms with E-state index >= 15 is 0 Å². The average Bonchev–Trinajstić information content (AvgIpc) is 2.27. The molecule has 1 amide bonds. The number of carbonyl (C=O) groups is 1. The van der Waals surface area contributed by atoms with Crippen LogP contribution in [0, 0.1) is 0 Å². The molecule has 0 spiro atoms. The molecule has 1 N–H and O–H groups in total. The van der Waals surface area contributed by atoms with Gasteiger partial charge in [0, 0.05) is 25.9 Å². The molecule has 1 rings (SSSR count). The minimum absolute atomic E-state index is 0.000368. The number of carbonyl (C=O) groups excluding carboxylic acids is 1. The summed E-state index contributed by atoms with van der Waals surface area (Å²) in [6.45, 7) is 6.64. The summed E-state index contributed by atoms with van der Waals surface area (Å²) in [5, 5.41) is 0. The van der Waals surface area contributed by atoms with Crippen LogP contribution in [-0.2, 0) is 4.79 Å². The van der Waals surface area contributed by atoms with E-state index in [9.17, 15) is 4.79 Å². The van der Waals surface area contributed by atoms with Crippen molar-refractivity contribution >= 4 is 19.8 Å². The Hall–Kier alpha value is -1.55. The maximum atomic E-state index is 11.8. The second-order valence-corrected chi connectivity index (χ2v) is 10.3. The summed E-state index contributed by atoms with van der Waals surface area (Å²) in [4.78, 5) is 16.9. The predicted octanol–water partition coefficient (Wildman–Crippen LogP) is 2.54. The molecular formula is C14H22N2OSi. The highest BCUT2D eigenvalue weighted by molar-refractivity contribution is 6.74. The zero-order valence-corrected chi connectivity index (χ0v) is 12.8. The van der Waals surface area contributed by atoms with Gasteiger partial charge in [0.1, 0.15) is 8.24 Å². The highest BCUT2D eigenvalue weighted by Crippen LogP contribution is 2.14. The molecule has 0 heterocycles. The second-order valence-electron chi connectivity index (χ2n) is 5.53. The van der Waals surface area contributed by atoms with Crippen LogP contribution in [0.4, 0.5) is 0 Å². The van der Waals surface area contributed by atoms with Crippen LogP contribution >= 0.6 is 0 Å². The summed E-state index contributed by atoms with van der Waals surface area (Å²) < 4.78 is 0. The van der Waals surface area contributed by atoms with Crippen LogP contribution in [0.2, 0.25) is 19.6 Å². The lowest BCUT2D eigenvalue weighted by molar-refractivity contribution is -0.123. The number of likely N-dealkylation sites (N-methyl/N-ethyl adjacent to an activating group) is 1. The molecule has 0 aliphatic heterocycles. The van der Waals surface area contributed by atoms with E-state index in [4.69, 9.17) is 0 Å². The fourth-order valence-corrected chi connectivity index (χ4v) is 2.49. The molecule has 0 atom stereocenters. The van der Waals surface area contributed by atoms with E-state index in [1.54, 1.807) is 25.1 Å². The van der Waals surface area contributed by atoms with Gasteiger partial charge < -0.3 is 9.88 Å². The van der Waals surface area contributed by atoms with Crippen LogP contribution < -0.4 is 4.98 Å². The van der Waals surface area contributed by atoms with Gasteiger partial charge in [-0.2, -0.15) is 0 Å². The smallest absolute Gasteiger partial charge is 0.248 e. The van der Waals surface area contributed by atoms with Crippen molar-refractivity contribution < 1.29 is 4.79 Å². The molecule has 1 aromatic rings. The van der Waals surface area contributed by atoms with Crippen LogP contribution in [0.1, 0.15) is 5.56 Å². The molecule has 0 aliphatic rings. The minimum atomic E-state index is -1.49. The summed E-state index contributed by atoms with van der Waals surface area (Å²) in [6, 6.07) is 9.97. The third-order valence-corrected chi connectivity index (χ3v) is 3.32. The van der Waals surface area contributed by atoms with E-state index < -0.39 is 8.24 Å². The number of nitrogens with one attached hydrogen (secondary N) is 1. The zero-order valence-electron chi connectivity index (χ0n) is 11.8. The monoisotopic (exact) mass is 262 g/mol. The highest BCUT2D eigenvalue weighted by Gasteiger charge is 2.16. The van der Waals surface area contributed by atoms with Crippen molar-refractivity contribution in [3.05, 3.63) is 42.0 Å². The van der Waals surface area contributed by atoms with Crippen molar-refractivity contribution in [1.82, 2.24) is 9.88 Å². The molecule has 3 nitrogen and oxygen atoms in total. The third-order valence-electron chi connectivity index (χ3n) is 2.30. The summed E-state index contributed by atoms with van der Waals surface area (Å²) in [5.74, 6) is -0.000368. The quantitative estimate of drug-likeness (QED) is 0.668. The number of benzene rings is 1. The largest absolute Gasteiger partial charge is 0.410 e. The molecule has 0 unspecified atom stereocenters. The fraction of sp³-hybridized carbons (Fsp3) is 0.357. The molecule has 0 fully saturated rings. The van der Waals surface area contributed by atoms with Crippen molar-refractivity contribution in [3.63, 3.8) is 0 Å². The van der Waals surface area contributed by atoms with Crippen LogP contribution in [0.25, 0.3) is 5.70 Å². The Kier molecular flexibility index (Phi) is 4.73. The number of nitrogens with zero attached hydrogens (tertiary/aromatic N) is 1. The standard InChI is InChI=1S/C14H22N2OSi/c1-16(2)14(17)11-13(15-18(3,4)5)12-9-7-6-8-10-12/h6-11,15H,1-5H3. The summed E-state index contributed by atoms with van der Waals surface area (Å²) in [7, 11) is 2.03. The van der Waals surface area contributed by atoms with E-state index in [1.807, 2.05) is 30.3 Å². The Morgan fingerprint density at radius 3 is 2.17 bits per heavy atom. The highest BCUT2D eigenvalue weighted by atomic mass is 28.3. The molecule has 4 heteroatoms. The van der Waals surface area contributed by atoms with Gasteiger partial charge in [-0.1, -0.05) is 50.0 Å². The molecular weight excluding hydrogens is 240 g/mol. The first kappa shape index (κ1) is 14.5. The zero-order chi connectivity index (χ0) is 13.8. The van der Waals surface area contributed by atoms with Gasteiger partial charge in [-0.15, -0.1) is 0 Å². The molecule has 0 bridgehead atoms. The summed E-state index contributed by atoms with van der Waals surface area (Å²) in [5.41, 5.74) is 1.96. The van der Waals surface area contributed by atoms with E-state index in [2.05, 4.69) is 24.6 Å². The van der Waals surface area contributed by atoms with Crippen LogP contribution in [0.5, 0.6) is 0 Å². The molecule has 1 aromatic carbocycles. The van der Waals surface area contributed by atoms with Crippen molar-refractivity contribution in [1.29, 1.82) is 0 Å². The number of amides is 1. The third kappa shape index (κ3) is 4.75. The summed E-state index contributed by atoms with van der Waals surface area (Å²) in [6.07, 6.45) is 1.67. The number of rotatable bonds is 4. The van der Waals surface area contributed by atoms with Gasteiger partial charge in [0.2, 0.25) is 5.91 Å². The number of hydrogen-bond acceptors (Lipinski definition) is 2. The fourth-order valence-electron chi connectivity index (χ4n) is 1.47. The lowest BCUT2D eigenvalue weighted by Gasteiger charge is -2.23. The Morgan fingerprint density at radius 1 is 1.17 bits per heavy atom. The molecule has 0 aromatic heterocycles. The topological polar surface area (TPSA) is 32.3 Å². The predicted molar refractivity (Wildman–Crippen MR) is 79.6 cm³/mol. The van der Waals surface area contributed by atoms with Crippen molar-refractivity contribution in [2.24, 2.45) is 0 Å². The maximum Gasteiger partial charge on any atom is 0.248 e. The molecule has 0 saturated carbocycles. The van der Waals surface area contributed by atoms with Crippen molar-refractivity contribution in [3.8, 4) is 0 Å². The Labute approximate surface area is 111 Å². The van der Waals surface area contributed by atoms with Gasteiger partial charge in [-0.05, 0) is 5.56 Å². The van der Waals surface area contributed by atoms with Crippen molar-refractivity contribution in [2.45, 2.75) is 19.6 Å². The lowest BCUT2D eigenvalue weighted by Crippen LogP contribution is -2.40. The first-order valence-electron chi connectivity index (χ1n) is 6.06. The van der Waals surface area contributed by atoms with Crippen LogP contribution in [0.15, 0.2) is 36.4 Å². The van der Waals surface area contributed by atoms with Crippen molar-refractivity contribution in [2.75, 3.05) is 14.1 Å².